The molecule has 0 aromatic carbocycles. The van der Waals surface area contributed by atoms with Gasteiger partial charge in [-0.15, -0.1) is 0 Å². The van der Waals surface area contributed by atoms with Gasteiger partial charge in [-0.05, 0) is 38.7 Å². The van der Waals surface area contributed by atoms with Gasteiger partial charge in [-0.3, -0.25) is 4.79 Å². The Bertz CT molecular complexity index is 445. The first kappa shape index (κ1) is 13.9. The molecule has 1 N–H and O–H groups in total. The number of ether oxygens (including phenoxy) is 1. The molecule has 1 saturated heterocycles. The van der Waals surface area contributed by atoms with Gasteiger partial charge in [0.25, 0.3) is 0 Å². The summed E-state index contributed by atoms with van der Waals surface area (Å²) in [4.78, 5) is 19.6. The van der Waals surface area contributed by atoms with Crippen LogP contribution in [-0.4, -0.2) is 33.8 Å². The van der Waals surface area contributed by atoms with E-state index in [1.54, 1.807) is 0 Å². The summed E-state index contributed by atoms with van der Waals surface area (Å²) in [5.41, 5.74) is 2.74. The van der Waals surface area contributed by atoms with Gasteiger partial charge in [0, 0.05) is 30.8 Å². The number of aliphatic carboxylic acids is 1. The normalized spacial score (nSPS) is 18.7. The Balaban J connectivity index is 2.09. The van der Waals surface area contributed by atoms with Gasteiger partial charge in [0.05, 0.1) is 6.10 Å². The molecule has 1 unspecified atom stereocenters. The van der Waals surface area contributed by atoms with Crippen molar-refractivity contribution in [2.24, 2.45) is 0 Å². The van der Waals surface area contributed by atoms with E-state index in [1.165, 1.54) is 0 Å². The molecule has 0 spiro atoms. The monoisotopic (exact) mass is 264 g/mol. The molecule has 1 aliphatic rings. The van der Waals surface area contributed by atoms with Crippen LogP contribution in [0.2, 0.25) is 0 Å². The van der Waals surface area contributed by atoms with Gasteiger partial charge in [0.2, 0.25) is 0 Å². The average molecular weight is 264 g/mol. The van der Waals surface area contributed by atoms with Crippen LogP contribution in [0.25, 0.3) is 0 Å². The Morgan fingerprint density at radius 1 is 1.37 bits per heavy atom. The fourth-order valence-corrected chi connectivity index (χ4v) is 2.50. The second-order valence-corrected chi connectivity index (χ2v) is 5.02. The van der Waals surface area contributed by atoms with E-state index in [0.29, 0.717) is 6.42 Å². The summed E-state index contributed by atoms with van der Waals surface area (Å²) >= 11 is 0. The topological polar surface area (TPSA) is 72.3 Å². The molecule has 0 radical (unpaired) electrons. The zero-order valence-corrected chi connectivity index (χ0v) is 11.5. The lowest BCUT2D eigenvalue weighted by atomic mass is 10.1. The molecular formula is C14H20N2O3. The van der Waals surface area contributed by atoms with Crippen LogP contribution < -0.4 is 0 Å². The van der Waals surface area contributed by atoms with Crippen LogP contribution in [0.5, 0.6) is 0 Å². The maximum absolute atomic E-state index is 10.6. The van der Waals surface area contributed by atoms with Crippen molar-refractivity contribution >= 4 is 5.97 Å². The molecule has 1 aromatic heterocycles. The molecule has 0 aliphatic carbocycles. The smallest absolute Gasteiger partial charge is 0.303 e. The minimum Gasteiger partial charge on any atom is -0.481 e. The number of carboxylic acids is 1. The Labute approximate surface area is 113 Å². The van der Waals surface area contributed by atoms with Crippen molar-refractivity contribution in [3.8, 4) is 0 Å². The van der Waals surface area contributed by atoms with Gasteiger partial charge in [0.1, 0.15) is 5.82 Å². The van der Waals surface area contributed by atoms with E-state index in [-0.39, 0.29) is 12.5 Å². The number of hydrogen-bond donors (Lipinski definition) is 1. The minimum absolute atomic E-state index is 0.121. The molecule has 1 fully saturated rings. The van der Waals surface area contributed by atoms with Crippen molar-refractivity contribution in [2.75, 3.05) is 6.61 Å². The summed E-state index contributed by atoms with van der Waals surface area (Å²) in [6.45, 7) is 4.68. The third-order valence-corrected chi connectivity index (χ3v) is 3.49. The van der Waals surface area contributed by atoms with Gasteiger partial charge in [-0.2, -0.15) is 0 Å². The van der Waals surface area contributed by atoms with E-state index in [1.807, 2.05) is 13.8 Å². The highest BCUT2D eigenvalue weighted by molar-refractivity contribution is 5.67. The Hall–Kier alpha value is -1.49. The molecule has 0 amide bonds. The van der Waals surface area contributed by atoms with Crippen LogP contribution in [0.15, 0.2) is 0 Å². The largest absolute Gasteiger partial charge is 0.481 e. The SMILES string of the molecule is Cc1nc(CC2CCCO2)nc(C)c1CCC(=O)O. The fourth-order valence-electron chi connectivity index (χ4n) is 2.50. The van der Waals surface area contributed by atoms with Crippen molar-refractivity contribution in [2.45, 2.75) is 52.1 Å². The number of aromatic nitrogens is 2. The number of carbonyl (C=O) groups is 1. The van der Waals surface area contributed by atoms with Crippen LogP contribution >= 0.6 is 0 Å². The van der Waals surface area contributed by atoms with Crippen molar-refractivity contribution < 1.29 is 14.6 Å². The van der Waals surface area contributed by atoms with Crippen LogP contribution in [0.3, 0.4) is 0 Å². The number of aryl methyl sites for hydroxylation is 2. The highest BCUT2D eigenvalue weighted by Crippen LogP contribution is 2.18. The van der Waals surface area contributed by atoms with Gasteiger partial charge >= 0.3 is 5.97 Å². The van der Waals surface area contributed by atoms with Crippen molar-refractivity contribution in [1.82, 2.24) is 9.97 Å². The summed E-state index contributed by atoms with van der Waals surface area (Å²) in [5.74, 6) is 0.0169. The molecular weight excluding hydrogens is 244 g/mol. The minimum atomic E-state index is -0.790. The lowest BCUT2D eigenvalue weighted by Crippen LogP contribution is -2.14. The van der Waals surface area contributed by atoms with Crippen LogP contribution in [0.4, 0.5) is 0 Å². The molecule has 1 atom stereocenters. The van der Waals surface area contributed by atoms with E-state index >= 15 is 0 Å². The summed E-state index contributed by atoms with van der Waals surface area (Å²) in [6, 6.07) is 0. The standard InChI is InChI=1S/C14H20N2O3/c1-9-12(5-6-14(17)18)10(2)16-13(15-9)8-11-4-3-7-19-11/h11H,3-8H2,1-2H3,(H,17,18). The maximum Gasteiger partial charge on any atom is 0.303 e. The second-order valence-electron chi connectivity index (χ2n) is 5.02. The Morgan fingerprint density at radius 2 is 2.05 bits per heavy atom. The highest BCUT2D eigenvalue weighted by atomic mass is 16.5. The highest BCUT2D eigenvalue weighted by Gasteiger charge is 2.18. The molecule has 104 valence electrons. The lowest BCUT2D eigenvalue weighted by Gasteiger charge is -2.12. The lowest BCUT2D eigenvalue weighted by molar-refractivity contribution is -0.136. The van der Waals surface area contributed by atoms with Crippen molar-refractivity contribution in [3.05, 3.63) is 22.8 Å². The molecule has 1 aromatic rings. The number of carboxylic acid groups (broad SMARTS) is 1. The summed E-state index contributed by atoms with van der Waals surface area (Å²) in [5, 5.41) is 8.74. The number of hydrogen-bond acceptors (Lipinski definition) is 4. The summed E-state index contributed by atoms with van der Waals surface area (Å²) < 4.78 is 5.59. The first-order chi connectivity index (χ1) is 9.06. The Kier molecular flexibility index (Phi) is 4.47. The van der Waals surface area contributed by atoms with E-state index in [4.69, 9.17) is 9.84 Å². The molecule has 1 aliphatic heterocycles. The van der Waals surface area contributed by atoms with Crippen LogP contribution in [0.1, 0.15) is 42.0 Å². The molecule has 19 heavy (non-hydrogen) atoms. The zero-order chi connectivity index (χ0) is 13.8. The molecule has 2 rings (SSSR count). The third-order valence-electron chi connectivity index (χ3n) is 3.49. The predicted octanol–water partition coefficient (Wildman–Crippen LogP) is 1.83. The number of rotatable bonds is 5. The van der Waals surface area contributed by atoms with Crippen LogP contribution in [0, 0.1) is 13.8 Å². The van der Waals surface area contributed by atoms with Gasteiger partial charge in [-0.25, -0.2) is 9.97 Å². The van der Waals surface area contributed by atoms with E-state index in [2.05, 4.69) is 9.97 Å². The number of nitrogens with zero attached hydrogens (tertiary/aromatic N) is 2. The van der Waals surface area contributed by atoms with E-state index in [0.717, 1.165) is 48.6 Å². The summed E-state index contributed by atoms with van der Waals surface area (Å²) in [7, 11) is 0. The second kappa shape index (κ2) is 6.10. The fraction of sp³-hybridized carbons (Fsp3) is 0.643. The third kappa shape index (κ3) is 3.73. The zero-order valence-electron chi connectivity index (χ0n) is 11.5. The quantitative estimate of drug-likeness (QED) is 0.878. The predicted molar refractivity (Wildman–Crippen MR) is 70.1 cm³/mol. The molecule has 0 saturated carbocycles. The molecule has 5 nitrogen and oxygen atoms in total. The first-order valence-electron chi connectivity index (χ1n) is 6.72. The van der Waals surface area contributed by atoms with E-state index < -0.39 is 5.97 Å². The molecule has 0 bridgehead atoms. The van der Waals surface area contributed by atoms with Crippen LogP contribution in [-0.2, 0) is 22.4 Å². The summed E-state index contributed by atoms with van der Waals surface area (Å²) in [6.07, 6.45) is 3.79. The van der Waals surface area contributed by atoms with Crippen molar-refractivity contribution in [1.29, 1.82) is 0 Å². The van der Waals surface area contributed by atoms with E-state index in [9.17, 15) is 4.79 Å². The molecule has 5 heteroatoms. The molecule has 2 heterocycles. The van der Waals surface area contributed by atoms with Gasteiger partial charge in [0.15, 0.2) is 0 Å². The van der Waals surface area contributed by atoms with Gasteiger partial charge in [-0.1, -0.05) is 0 Å². The maximum atomic E-state index is 10.6. The first-order valence-corrected chi connectivity index (χ1v) is 6.72. The Morgan fingerprint density at radius 3 is 2.58 bits per heavy atom. The van der Waals surface area contributed by atoms with Gasteiger partial charge < -0.3 is 9.84 Å². The van der Waals surface area contributed by atoms with Crippen molar-refractivity contribution in [3.63, 3.8) is 0 Å². The average Bonchev–Trinajstić information content (AvgIpc) is 2.80.